The Morgan fingerprint density at radius 1 is 1.16 bits per heavy atom. The fourth-order valence-electron chi connectivity index (χ4n) is 2.61. The van der Waals surface area contributed by atoms with Gasteiger partial charge in [0.15, 0.2) is 0 Å². The predicted molar refractivity (Wildman–Crippen MR) is 85.7 cm³/mol. The van der Waals surface area contributed by atoms with Crippen LogP contribution in [0.4, 0.5) is 13.2 Å². The van der Waals surface area contributed by atoms with Gasteiger partial charge in [-0.2, -0.15) is 13.2 Å². The summed E-state index contributed by atoms with van der Waals surface area (Å²) >= 11 is 0. The average molecular weight is 369 g/mol. The van der Waals surface area contributed by atoms with E-state index in [0.29, 0.717) is 16.9 Å². The minimum Gasteiger partial charge on any atom is -0.483 e. The molecule has 0 amide bonds. The fourth-order valence-corrected chi connectivity index (χ4v) is 3.40. The quantitative estimate of drug-likeness (QED) is 0.804. The molecule has 25 heavy (non-hydrogen) atoms. The van der Waals surface area contributed by atoms with Crippen molar-refractivity contribution < 1.29 is 26.3 Å². The summed E-state index contributed by atoms with van der Waals surface area (Å²) in [6, 6.07) is 6.58. The topological polar surface area (TPSA) is 56.3 Å². The molecule has 0 radical (unpaired) electrons. The van der Waals surface area contributed by atoms with Crippen LogP contribution in [0.1, 0.15) is 25.0 Å². The molecule has 4 nitrogen and oxygen atoms in total. The summed E-state index contributed by atoms with van der Waals surface area (Å²) in [6.45, 7) is 3.60. The van der Waals surface area contributed by atoms with E-state index in [4.69, 9.17) is 4.74 Å². The first-order chi connectivity index (χ1) is 11.5. The maximum absolute atomic E-state index is 12.9. The molecule has 1 aliphatic rings. The normalized spacial score (nSPS) is 16.6. The largest absolute Gasteiger partial charge is 0.501 e. The molecule has 0 fully saturated rings. The summed E-state index contributed by atoms with van der Waals surface area (Å²) < 4.78 is 67.7. The van der Waals surface area contributed by atoms with E-state index in [9.17, 15) is 21.6 Å². The monoisotopic (exact) mass is 369 g/mol. The van der Waals surface area contributed by atoms with Gasteiger partial charge in [-0.1, -0.05) is 6.07 Å². The first-order valence-electron chi connectivity index (χ1n) is 7.29. The first-order valence-corrected chi connectivity index (χ1v) is 8.78. The highest BCUT2D eigenvalue weighted by Gasteiger charge is 2.47. The molecule has 132 valence electrons. The van der Waals surface area contributed by atoms with Crippen LogP contribution < -0.4 is 4.74 Å². The molecule has 0 saturated heterocycles. The maximum atomic E-state index is 12.9. The number of fused-ring (bicyclic) bond motifs is 1. The highest BCUT2D eigenvalue weighted by Crippen LogP contribution is 2.41. The van der Waals surface area contributed by atoms with E-state index in [1.54, 1.807) is 44.4 Å². The van der Waals surface area contributed by atoms with E-state index in [-0.39, 0.29) is 5.56 Å². The number of benzene rings is 1. The van der Waals surface area contributed by atoms with Gasteiger partial charge in [-0.15, -0.1) is 0 Å². The third-order valence-corrected chi connectivity index (χ3v) is 5.18. The lowest BCUT2D eigenvalue weighted by Crippen LogP contribution is -2.29. The fraction of sp³-hybridized carbons (Fsp3) is 0.235. The van der Waals surface area contributed by atoms with Crippen LogP contribution in [-0.4, -0.2) is 24.5 Å². The van der Waals surface area contributed by atoms with Crippen molar-refractivity contribution >= 4 is 15.4 Å². The summed E-state index contributed by atoms with van der Waals surface area (Å²) in [5.41, 5.74) is -4.57. The smallest absolute Gasteiger partial charge is 0.483 e. The van der Waals surface area contributed by atoms with Crippen LogP contribution in [0.3, 0.4) is 0 Å². The molecule has 0 saturated carbocycles. The van der Waals surface area contributed by atoms with Crippen LogP contribution in [0.2, 0.25) is 0 Å². The lowest BCUT2D eigenvalue weighted by Gasteiger charge is -2.31. The minimum absolute atomic E-state index is 0.276. The van der Waals surface area contributed by atoms with Crippen molar-refractivity contribution in [3.8, 4) is 5.75 Å². The predicted octanol–water partition coefficient (Wildman–Crippen LogP) is 3.98. The Kier molecular flexibility index (Phi) is 3.90. The van der Waals surface area contributed by atoms with Gasteiger partial charge in [0.1, 0.15) is 11.4 Å². The zero-order valence-electron chi connectivity index (χ0n) is 13.3. The number of ether oxygens (including phenoxy) is 1. The van der Waals surface area contributed by atoms with Gasteiger partial charge in [-0.3, -0.25) is 4.98 Å². The molecule has 2 heterocycles. The number of nitrogens with zero attached hydrogens (tertiary/aromatic N) is 1. The van der Waals surface area contributed by atoms with Gasteiger partial charge in [-0.25, -0.2) is 8.42 Å². The van der Waals surface area contributed by atoms with Crippen LogP contribution in [-0.2, 0) is 9.84 Å². The number of hydrogen-bond acceptors (Lipinski definition) is 4. The van der Waals surface area contributed by atoms with Crippen LogP contribution in [0.15, 0.2) is 53.7 Å². The molecule has 1 aromatic carbocycles. The molecule has 1 aliphatic heterocycles. The maximum Gasteiger partial charge on any atom is 0.501 e. The van der Waals surface area contributed by atoms with E-state index < -0.39 is 25.8 Å². The van der Waals surface area contributed by atoms with E-state index in [0.717, 1.165) is 12.1 Å². The van der Waals surface area contributed by atoms with Crippen LogP contribution in [0.5, 0.6) is 5.75 Å². The Balaban J connectivity index is 2.22. The summed E-state index contributed by atoms with van der Waals surface area (Å²) in [5.74, 6) is 0.312. The molecule has 0 bridgehead atoms. The minimum atomic E-state index is -5.44. The second-order valence-corrected chi connectivity index (χ2v) is 8.05. The number of sulfone groups is 1. The van der Waals surface area contributed by atoms with E-state index >= 15 is 0 Å². The Labute approximate surface area is 142 Å². The summed E-state index contributed by atoms with van der Waals surface area (Å²) in [5, 5.41) is 0. The summed E-state index contributed by atoms with van der Waals surface area (Å²) in [4.78, 5) is 3.19. The third-order valence-electron chi connectivity index (χ3n) is 3.69. The van der Waals surface area contributed by atoms with Gasteiger partial charge in [0, 0.05) is 23.5 Å². The Bertz CT molecular complexity index is 949. The zero-order valence-corrected chi connectivity index (χ0v) is 14.1. The van der Waals surface area contributed by atoms with Crippen molar-refractivity contribution in [3.05, 3.63) is 59.9 Å². The SMILES string of the molecule is CC1(C)C=C(c2cccnc2)c2cc(S(=O)(=O)C(F)(F)F)ccc2O1. The molecule has 2 aromatic rings. The van der Waals surface area contributed by atoms with Crippen molar-refractivity contribution in [1.29, 1.82) is 0 Å². The summed E-state index contributed by atoms with van der Waals surface area (Å²) in [6.07, 6.45) is 4.86. The molecule has 0 N–H and O–H groups in total. The van der Waals surface area contributed by atoms with Gasteiger partial charge in [-0.05, 0) is 49.8 Å². The first kappa shape index (κ1) is 17.5. The van der Waals surface area contributed by atoms with Gasteiger partial charge >= 0.3 is 5.51 Å². The van der Waals surface area contributed by atoms with Crippen LogP contribution in [0.25, 0.3) is 5.57 Å². The molecular formula is C17H14F3NO3S. The van der Waals surface area contributed by atoms with Crippen molar-refractivity contribution in [2.45, 2.75) is 29.9 Å². The van der Waals surface area contributed by atoms with E-state index in [1.165, 1.54) is 6.07 Å². The van der Waals surface area contributed by atoms with Gasteiger partial charge in [0.05, 0.1) is 4.90 Å². The Morgan fingerprint density at radius 3 is 2.48 bits per heavy atom. The van der Waals surface area contributed by atoms with Gasteiger partial charge in [0.2, 0.25) is 0 Å². The molecule has 0 aliphatic carbocycles. The number of hydrogen-bond donors (Lipinski definition) is 0. The summed E-state index contributed by atoms with van der Waals surface area (Å²) in [7, 11) is -5.44. The highest BCUT2D eigenvalue weighted by atomic mass is 32.2. The van der Waals surface area contributed by atoms with Gasteiger partial charge in [0.25, 0.3) is 9.84 Å². The molecule has 0 atom stereocenters. The molecule has 1 aromatic heterocycles. The van der Waals surface area contributed by atoms with Crippen molar-refractivity contribution in [1.82, 2.24) is 4.98 Å². The molecule has 0 unspecified atom stereocenters. The second kappa shape index (κ2) is 5.59. The average Bonchev–Trinajstić information content (AvgIpc) is 2.52. The molecule has 3 rings (SSSR count). The number of pyridine rings is 1. The second-order valence-electron chi connectivity index (χ2n) is 6.11. The third kappa shape index (κ3) is 3.13. The number of halogens is 3. The van der Waals surface area contributed by atoms with E-state index in [2.05, 4.69) is 4.98 Å². The highest BCUT2D eigenvalue weighted by molar-refractivity contribution is 7.92. The lowest BCUT2D eigenvalue weighted by molar-refractivity contribution is -0.0436. The van der Waals surface area contributed by atoms with E-state index in [1.807, 2.05) is 0 Å². The van der Waals surface area contributed by atoms with Crippen LogP contribution in [0, 0.1) is 0 Å². The lowest BCUT2D eigenvalue weighted by atomic mass is 9.91. The van der Waals surface area contributed by atoms with Crippen molar-refractivity contribution in [2.75, 3.05) is 0 Å². The van der Waals surface area contributed by atoms with Crippen LogP contribution >= 0.6 is 0 Å². The molecule has 0 spiro atoms. The van der Waals surface area contributed by atoms with Gasteiger partial charge < -0.3 is 4.74 Å². The number of aromatic nitrogens is 1. The number of alkyl halides is 3. The zero-order chi connectivity index (χ0) is 18.5. The Morgan fingerprint density at radius 2 is 1.88 bits per heavy atom. The van der Waals surface area contributed by atoms with Crippen molar-refractivity contribution in [3.63, 3.8) is 0 Å². The Hall–Kier alpha value is -2.35. The van der Waals surface area contributed by atoms with Crippen molar-refractivity contribution in [2.24, 2.45) is 0 Å². The molecule has 8 heteroatoms. The standard InChI is InChI=1S/C17H14F3NO3S/c1-16(2)9-14(11-4-3-7-21-10-11)13-8-12(5-6-15(13)24-16)25(22,23)17(18,19)20/h3-10H,1-2H3. The number of rotatable bonds is 2. The molecular weight excluding hydrogens is 355 g/mol.